The average molecular weight is 339 g/mol. The molecule has 1 aliphatic heterocycles. The average Bonchev–Trinajstić information content (AvgIpc) is 3.16. The van der Waals surface area contributed by atoms with Crippen molar-refractivity contribution in [2.75, 3.05) is 12.8 Å². The van der Waals surface area contributed by atoms with Gasteiger partial charge in [-0.15, -0.1) is 0 Å². The number of hydrogen-bond acceptors (Lipinski definition) is 6. The quantitative estimate of drug-likeness (QED) is 0.717. The van der Waals surface area contributed by atoms with Crippen molar-refractivity contribution in [3.8, 4) is 0 Å². The minimum atomic E-state index is -0.0464. The Morgan fingerprint density at radius 1 is 1.35 bits per heavy atom. The largest absolute Gasteiger partial charge is 0.400 e. The van der Waals surface area contributed by atoms with E-state index in [9.17, 15) is 0 Å². The molecule has 0 saturated carbocycles. The molecule has 2 atom stereocenters. The van der Waals surface area contributed by atoms with E-state index < -0.39 is 0 Å². The van der Waals surface area contributed by atoms with Crippen molar-refractivity contribution in [2.45, 2.75) is 45.9 Å². The molecule has 23 heavy (non-hydrogen) atoms. The van der Waals surface area contributed by atoms with Crippen LogP contribution in [0, 0.1) is 0 Å². The van der Waals surface area contributed by atoms with Gasteiger partial charge < -0.3 is 25.9 Å². The first kappa shape index (κ1) is 19.3. The molecule has 1 saturated heterocycles. The van der Waals surface area contributed by atoms with Crippen LogP contribution in [-0.4, -0.2) is 37.8 Å². The molecule has 0 unspecified atom stereocenters. The van der Waals surface area contributed by atoms with Crippen molar-refractivity contribution < 1.29 is 9.84 Å². The van der Waals surface area contributed by atoms with Gasteiger partial charge in [0.2, 0.25) is 0 Å². The summed E-state index contributed by atoms with van der Waals surface area (Å²) in [5.74, 6) is 0.387. The second kappa shape index (κ2) is 8.76. The van der Waals surface area contributed by atoms with Crippen molar-refractivity contribution in [1.29, 1.82) is 0 Å². The third-order valence-corrected chi connectivity index (χ3v) is 3.64. The van der Waals surface area contributed by atoms with Crippen LogP contribution in [0.4, 0.5) is 5.82 Å². The number of thiocarbonyl (C=S) groups is 1. The van der Waals surface area contributed by atoms with Gasteiger partial charge in [0.05, 0.1) is 11.5 Å². The van der Waals surface area contributed by atoms with Crippen LogP contribution in [0.2, 0.25) is 0 Å². The summed E-state index contributed by atoms with van der Waals surface area (Å²) in [6.45, 7) is 6.06. The first-order valence-electron chi connectivity index (χ1n) is 7.59. The number of fused-ring (bicyclic) bond motifs is 1. The fourth-order valence-corrected chi connectivity index (χ4v) is 2.66. The van der Waals surface area contributed by atoms with Crippen molar-refractivity contribution in [3.63, 3.8) is 0 Å². The summed E-state index contributed by atoms with van der Waals surface area (Å²) in [7, 11) is 1.00. The minimum Gasteiger partial charge on any atom is -0.400 e. The Labute approximate surface area is 141 Å². The number of ether oxygens (including phenoxy) is 1. The molecule has 2 aromatic rings. The molecule has 0 bridgehead atoms. The molecule has 0 spiro atoms. The number of nitrogens with zero attached hydrogens (tertiary/aromatic N) is 3. The van der Waals surface area contributed by atoms with E-state index >= 15 is 0 Å². The summed E-state index contributed by atoms with van der Waals surface area (Å²) in [5, 5.41) is 7.71. The van der Waals surface area contributed by atoms with E-state index in [2.05, 4.69) is 16.9 Å². The van der Waals surface area contributed by atoms with Crippen LogP contribution in [0.1, 0.15) is 45.4 Å². The van der Waals surface area contributed by atoms with Crippen molar-refractivity contribution in [1.82, 2.24) is 14.5 Å². The lowest BCUT2D eigenvalue weighted by atomic mass is 10.2. The summed E-state index contributed by atoms with van der Waals surface area (Å²) in [5.41, 5.74) is 13.1. The first-order chi connectivity index (χ1) is 11.1. The highest BCUT2D eigenvalue weighted by molar-refractivity contribution is 7.80. The van der Waals surface area contributed by atoms with Crippen LogP contribution in [0.5, 0.6) is 0 Å². The molecule has 5 N–H and O–H groups in total. The zero-order valence-corrected chi connectivity index (χ0v) is 14.8. The summed E-state index contributed by atoms with van der Waals surface area (Å²) >= 11 is 5.07. The van der Waals surface area contributed by atoms with Gasteiger partial charge in [0, 0.05) is 18.9 Å². The third-order valence-electron chi connectivity index (χ3n) is 3.42. The molecule has 3 heterocycles. The highest BCUT2D eigenvalue weighted by Crippen LogP contribution is 2.33. The molecule has 0 aliphatic carbocycles. The van der Waals surface area contributed by atoms with Gasteiger partial charge in [0.25, 0.3) is 0 Å². The molecular formula is C15H25N5O2S. The molecule has 1 aliphatic rings. The summed E-state index contributed by atoms with van der Waals surface area (Å²) in [4.78, 5) is 8.58. The molecular weight excluding hydrogens is 314 g/mol. The maximum Gasteiger partial charge on any atom is 0.148 e. The van der Waals surface area contributed by atoms with Gasteiger partial charge >= 0.3 is 0 Å². The Kier molecular flexibility index (Phi) is 7.34. The lowest BCUT2D eigenvalue weighted by molar-refractivity contribution is 0.0135. The van der Waals surface area contributed by atoms with Crippen LogP contribution in [0.3, 0.4) is 0 Å². The molecule has 7 nitrogen and oxygen atoms in total. The van der Waals surface area contributed by atoms with Gasteiger partial charge in [-0.25, -0.2) is 9.97 Å². The lowest BCUT2D eigenvalue weighted by Gasteiger charge is -2.13. The Morgan fingerprint density at radius 2 is 2.00 bits per heavy atom. The Balaban J connectivity index is 0.000000615. The van der Waals surface area contributed by atoms with E-state index in [1.807, 2.05) is 24.6 Å². The SMILES string of the molecule is CC.CO.C[C@@H]1CC[C@H](n2cc(C(N)=S)c3c(N)ncnc32)O1. The maximum absolute atomic E-state index is 7.00. The minimum absolute atomic E-state index is 0.0464. The second-order valence-electron chi connectivity index (χ2n) is 4.75. The van der Waals surface area contributed by atoms with Gasteiger partial charge in [-0.3, -0.25) is 0 Å². The van der Waals surface area contributed by atoms with E-state index in [0.29, 0.717) is 16.8 Å². The zero-order chi connectivity index (χ0) is 17.6. The highest BCUT2D eigenvalue weighted by atomic mass is 32.1. The van der Waals surface area contributed by atoms with E-state index in [1.165, 1.54) is 6.33 Å². The normalized spacial score (nSPS) is 19.5. The summed E-state index contributed by atoms with van der Waals surface area (Å²) in [6, 6.07) is 0. The fourth-order valence-electron chi connectivity index (χ4n) is 2.50. The molecule has 0 aromatic carbocycles. The Morgan fingerprint density at radius 3 is 2.52 bits per heavy atom. The van der Waals surface area contributed by atoms with Crippen LogP contribution >= 0.6 is 12.2 Å². The van der Waals surface area contributed by atoms with Crippen molar-refractivity contribution >= 4 is 34.1 Å². The van der Waals surface area contributed by atoms with E-state index in [4.69, 9.17) is 33.5 Å². The topological polar surface area (TPSA) is 112 Å². The van der Waals surface area contributed by atoms with Gasteiger partial charge in [0.1, 0.15) is 29.0 Å². The number of aliphatic hydroxyl groups is 1. The second-order valence-corrected chi connectivity index (χ2v) is 5.19. The highest BCUT2D eigenvalue weighted by Gasteiger charge is 2.26. The molecule has 1 fully saturated rings. The standard InChI is InChI=1S/C12H15N5OS.C2H6.CH4O/c1-6-2-3-8(18-6)17-4-7(11(14)19)9-10(13)15-5-16-12(9)17;2*1-2/h4-6,8H,2-3H2,1H3,(H2,14,19)(H2,13,15,16);1-2H3;2H,1H3/t6-,8-;;/m1../s1. The summed E-state index contributed by atoms with van der Waals surface area (Å²) < 4.78 is 7.82. The molecule has 0 radical (unpaired) electrons. The lowest BCUT2D eigenvalue weighted by Crippen LogP contribution is -2.10. The zero-order valence-electron chi connectivity index (χ0n) is 14.0. The van der Waals surface area contributed by atoms with Gasteiger partial charge in [-0.05, 0) is 19.8 Å². The predicted molar refractivity (Wildman–Crippen MR) is 96.1 cm³/mol. The summed E-state index contributed by atoms with van der Waals surface area (Å²) in [6.07, 6.45) is 5.46. The van der Waals surface area contributed by atoms with Crippen LogP contribution < -0.4 is 11.5 Å². The Hall–Kier alpha value is -1.77. The fraction of sp³-hybridized carbons (Fsp3) is 0.533. The van der Waals surface area contributed by atoms with Gasteiger partial charge in [-0.2, -0.15) is 0 Å². The maximum atomic E-state index is 7.00. The van der Waals surface area contributed by atoms with E-state index in [1.54, 1.807) is 0 Å². The predicted octanol–water partition coefficient (Wildman–Crippen LogP) is 1.98. The number of rotatable bonds is 2. The number of anilines is 1. The molecule has 8 heteroatoms. The van der Waals surface area contributed by atoms with Crippen molar-refractivity contribution in [3.05, 3.63) is 18.1 Å². The molecule has 0 amide bonds. The van der Waals surface area contributed by atoms with E-state index in [0.717, 1.165) is 25.6 Å². The number of nitrogens with two attached hydrogens (primary N) is 2. The van der Waals surface area contributed by atoms with E-state index in [-0.39, 0.29) is 17.3 Å². The number of hydrogen-bond donors (Lipinski definition) is 3. The molecule has 3 rings (SSSR count). The Bertz CT molecular complexity index is 659. The number of aromatic nitrogens is 3. The van der Waals surface area contributed by atoms with Crippen molar-refractivity contribution in [2.24, 2.45) is 5.73 Å². The number of aliphatic hydroxyl groups excluding tert-OH is 1. The molecule has 2 aromatic heterocycles. The number of nitrogen functional groups attached to an aromatic ring is 1. The van der Waals surface area contributed by atoms with Gasteiger partial charge in [-0.1, -0.05) is 26.1 Å². The van der Waals surface area contributed by atoms with Crippen LogP contribution in [-0.2, 0) is 4.74 Å². The van der Waals surface area contributed by atoms with Crippen LogP contribution in [0.25, 0.3) is 11.0 Å². The van der Waals surface area contributed by atoms with Crippen LogP contribution in [0.15, 0.2) is 12.5 Å². The third kappa shape index (κ3) is 3.95. The smallest absolute Gasteiger partial charge is 0.148 e. The molecule has 128 valence electrons. The van der Waals surface area contributed by atoms with Gasteiger partial charge in [0.15, 0.2) is 0 Å². The first-order valence-corrected chi connectivity index (χ1v) is 7.99. The monoisotopic (exact) mass is 339 g/mol.